The highest BCUT2D eigenvalue weighted by atomic mass is 16.8. The summed E-state index contributed by atoms with van der Waals surface area (Å²) in [6, 6.07) is 9.91. The number of aliphatic hydroxyl groups is 4. The van der Waals surface area contributed by atoms with Crippen LogP contribution in [-0.4, -0.2) is 80.7 Å². The van der Waals surface area contributed by atoms with Gasteiger partial charge in [-0.3, -0.25) is 4.79 Å². The first-order valence-corrected chi connectivity index (χ1v) is 12.5. The van der Waals surface area contributed by atoms with Crippen molar-refractivity contribution in [2.75, 3.05) is 13.7 Å². The van der Waals surface area contributed by atoms with E-state index in [9.17, 15) is 25.2 Å². The number of aromatic amines is 1. The third-order valence-electron chi connectivity index (χ3n) is 7.76. The zero-order valence-corrected chi connectivity index (χ0v) is 20.7. The molecule has 0 unspecified atom stereocenters. The van der Waals surface area contributed by atoms with E-state index >= 15 is 0 Å². The summed E-state index contributed by atoms with van der Waals surface area (Å²) in [5.41, 5.74) is 4.39. The van der Waals surface area contributed by atoms with Crippen LogP contribution in [-0.2, 0) is 31.9 Å². The third-order valence-corrected chi connectivity index (χ3v) is 7.76. The maximum Gasteiger partial charge on any atom is 0.259 e. The fraction of sp³-hybridized carbons (Fsp3) is 0.444. The molecule has 3 aliphatic rings. The van der Waals surface area contributed by atoms with E-state index in [1.165, 1.54) is 7.11 Å². The van der Waals surface area contributed by atoms with Gasteiger partial charge >= 0.3 is 0 Å². The Morgan fingerprint density at radius 3 is 2.68 bits per heavy atom. The molecule has 0 bridgehead atoms. The Morgan fingerprint density at radius 2 is 1.95 bits per heavy atom. The highest BCUT2D eigenvalue weighted by Crippen LogP contribution is 2.42. The molecule has 2 aromatic heterocycles. The minimum Gasteiger partial charge on any atom is -0.394 e. The van der Waals surface area contributed by atoms with Gasteiger partial charge in [0.1, 0.15) is 24.4 Å². The van der Waals surface area contributed by atoms with Crippen LogP contribution in [0.5, 0.6) is 0 Å². The van der Waals surface area contributed by atoms with Gasteiger partial charge in [0.25, 0.3) is 5.56 Å². The van der Waals surface area contributed by atoms with Crippen LogP contribution in [0.3, 0.4) is 0 Å². The van der Waals surface area contributed by atoms with Gasteiger partial charge in [0.05, 0.1) is 29.5 Å². The number of aliphatic hydroxyl groups excluding tert-OH is 4. The van der Waals surface area contributed by atoms with Gasteiger partial charge in [0.2, 0.25) is 0 Å². The number of benzene rings is 1. The third kappa shape index (κ3) is 3.78. The van der Waals surface area contributed by atoms with E-state index in [0.717, 1.165) is 27.9 Å². The molecule has 11 nitrogen and oxygen atoms in total. The van der Waals surface area contributed by atoms with Crippen molar-refractivity contribution >= 4 is 10.9 Å². The monoisotopic (exact) mass is 526 g/mol. The Kier molecular flexibility index (Phi) is 6.49. The lowest BCUT2D eigenvalue weighted by Gasteiger charge is -2.43. The quantitative estimate of drug-likeness (QED) is 0.301. The molecule has 1 aromatic carbocycles. The average Bonchev–Trinajstić information content (AvgIpc) is 3.32. The lowest BCUT2D eigenvalue weighted by Crippen LogP contribution is -2.60. The number of aryl methyl sites for hydroxylation is 1. The molecule has 0 spiro atoms. The zero-order chi connectivity index (χ0) is 26.7. The molecule has 5 N–H and O–H groups in total. The van der Waals surface area contributed by atoms with E-state index in [1.807, 2.05) is 24.3 Å². The fourth-order valence-electron chi connectivity index (χ4n) is 5.79. The number of nitrogens with zero attached hydrogens (tertiary/aromatic N) is 1. The van der Waals surface area contributed by atoms with Gasteiger partial charge in [-0.05, 0) is 29.7 Å². The molecule has 3 aromatic rings. The molecule has 38 heavy (non-hydrogen) atoms. The molecule has 11 heteroatoms. The molecule has 0 saturated carbocycles. The van der Waals surface area contributed by atoms with E-state index in [0.29, 0.717) is 24.1 Å². The Labute approximate surface area is 217 Å². The van der Waals surface area contributed by atoms with E-state index in [4.69, 9.17) is 18.9 Å². The summed E-state index contributed by atoms with van der Waals surface area (Å²) in [7, 11) is 1.41. The summed E-state index contributed by atoms with van der Waals surface area (Å²) in [6.07, 6.45) is -7.27. The Morgan fingerprint density at radius 1 is 1.16 bits per heavy atom. The highest BCUT2D eigenvalue weighted by Gasteiger charge is 2.47. The summed E-state index contributed by atoms with van der Waals surface area (Å²) in [6.45, 7) is 3.82. The number of hydrogen-bond acceptors (Lipinski definition) is 9. The zero-order valence-electron chi connectivity index (χ0n) is 20.7. The summed E-state index contributed by atoms with van der Waals surface area (Å²) in [4.78, 5) is 17.2. The summed E-state index contributed by atoms with van der Waals surface area (Å²) in [5.74, 6) is -0.669. The van der Waals surface area contributed by atoms with Crippen molar-refractivity contribution in [1.29, 1.82) is 0 Å². The largest absolute Gasteiger partial charge is 0.394 e. The summed E-state index contributed by atoms with van der Waals surface area (Å²) in [5, 5.41) is 41.4. The molecule has 5 heterocycles. The van der Waals surface area contributed by atoms with Crippen LogP contribution in [0.2, 0.25) is 0 Å². The van der Waals surface area contributed by atoms with Crippen LogP contribution in [0.4, 0.5) is 0 Å². The lowest BCUT2D eigenvalue weighted by atomic mass is 9.89. The van der Waals surface area contributed by atoms with Crippen molar-refractivity contribution in [2.45, 2.75) is 62.2 Å². The number of nitrogens with one attached hydrogen (secondary N) is 1. The lowest BCUT2D eigenvalue weighted by molar-refractivity contribution is -0.358. The Bertz CT molecular complexity index is 1430. The van der Waals surface area contributed by atoms with Crippen LogP contribution in [0.15, 0.2) is 47.8 Å². The van der Waals surface area contributed by atoms with Crippen molar-refractivity contribution in [3.05, 3.63) is 70.0 Å². The van der Waals surface area contributed by atoms with Crippen molar-refractivity contribution in [1.82, 2.24) is 9.55 Å². The second kappa shape index (κ2) is 9.70. The number of aromatic nitrogens is 2. The van der Waals surface area contributed by atoms with Gasteiger partial charge in [-0.1, -0.05) is 24.3 Å². The number of ether oxygens (including phenoxy) is 4. The Balaban J connectivity index is 1.42. The number of fused-ring (bicyclic) bond motifs is 6. The molecule has 3 aliphatic heterocycles. The summed E-state index contributed by atoms with van der Waals surface area (Å²) >= 11 is 0. The number of hydrogen-bond donors (Lipinski definition) is 5. The summed E-state index contributed by atoms with van der Waals surface area (Å²) < 4.78 is 24.7. The first-order chi connectivity index (χ1) is 18.4. The van der Waals surface area contributed by atoms with Gasteiger partial charge in [-0.25, -0.2) is 0 Å². The van der Waals surface area contributed by atoms with Crippen LogP contribution < -0.4 is 5.56 Å². The first-order valence-electron chi connectivity index (χ1n) is 12.5. The minimum absolute atomic E-state index is 0.244. The predicted molar refractivity (Wildman–Crippen MR) is 134 cm³/mol. The van der Waals surface area contributed by atoms with Crippen molar-refractivity contribution in [2.24, 2.45) is 0 Å². The minimum atomic E-state index is -1.62. The standard InChI is InChI=1S/C27H30N2O9/c1-3-12-15-10-17-20-14(13-6-4-5-7-16(13)28-20)8-9-29(17)24(34)19(15)26(35-2)37-25(12)38-27-23(33)22(32)21(31)18(11-30)36-27/h3-7,10,12,18,21-23,25-28,30-33H,1,8-9,11H2,2H3/t12-,18-,21-,22+,23-,25+,26-,27+/m1/s1. The molecule has 1 fully saturated rings. The molecular weight excluding hydrogens is 496 g/mol. The van der Waals surface area contributed by atoms with Crippen LogP contribution in [0.1, 0.15) is 28.9 Å². The molecule has 202 valence electrons. The van der Waals surface area contributed by atoms with Gasteiger partial charge in [-0.2, -0.15) is 0 Å². The van der Waals surface area contributed by atoms with E-state index in [2.05, 4.69) is 17.6 Å². The van der Waals surface area contributed by atoms with Gasteiger partial charge in [0, 0.05) is 24.6 Å². The van der Waals surface area contributed by atoms with Crippen LogP contribution in [0.25, 0.3) is 22.3 Å². The molecule has 0 radical (unpaired) electrons. The molecule has 6 rings (SSSR count). The van der Waals surface area contributed by atoms with Crippen molar-refractivity contribution in [3.63, 3.8) is 0 Å². The number of methoxy groups -OCH3 is 1. The molecule has 0 aliphatic carbocycles. The van der Waals surface area contributed by atoms with Crippen molar-refractivity contribution in [3.8, 4) is 11.4 Å². The molecular formula is C27H30N2O9. The molecule has 8 atom stereocenters. The topological polar surface area (TPSA) is 156 Å². The normalized spacial score (nSPS) is 32.4. The SMILES string of the molecule is C=C[C@@H]1c2cc3n(c(=O)c2[C@H](OC)O[C@H]1O[C@@H]1O[C@H](CO)[C@@H](O)[C@H](O)[C@H]1O)CCc1c-3[nH]c2ccccc12. The van der Waals surface area contributed by atoms with Gasteiger partial charge in [0.15, 0.2) is 18.9 Å². The van der Waals surface area contributed by atoms with E-state index in [-0.39, 0.29) is 5.56 Å². The van der Waals surface area contributed by atoms with E-state index < -0.39 is 55.8 Å². The number of para-hydroxylation sites is 1. The Hall–Kier alpha value is -2.87. The van der Waals surface area contributed by atoms with Gasteiger partial charge < -0.3 is 48.9 Å². The first kappa shape index (κ1) is 25.4. The second-order valence-electron chi connectivity index (χ2n) is 9.80. The maximum atomic E-state index is 13.8. The second-order valence-corrected chi connectivity index (χ2v) is 9.80. The van der Waals surface area contributed by atoms with Crippen LogP contribution in [0, 0.1) is 0 Å². The molecule has 0 amide bonds. The molecule has 1 saturated heterocycles. The number of pyridine rings is 1. The predicted octanol–water partition coefficient (Wildman–Crippen LogP) is 0.640. The average molecular weight is 527 g/mol. The van der Waals surface area contributed by atoms with E-state index in [1.54, 1.807) is 10.6 Å². The number of H-pyrrole nitrogens is 1. The van der Waals surface area contributed by atoms with Gasteiger partial charge in [-0.15, -0.1) is 6.58 Å². The van der Waals surface area contributed by atoms with Crippen molar-refractivity contribution < 1.29 is 39.4 Å². The maximum absolute atomic E-state index is 13.8. The number of rotatable bonds is 5. The fourth-order valence-corrected chi connectivity index (χ4v) is 5.79. The highest BCUT2D eigenvalue weighted by molar-refractivity contribution is 5.90. The smallest absolute Gasteiger partial charge is 0.259 e. The van der Waals surface area contributed by atoms with Crippen LogP contribution >= 0.6 is 0 Å².